The number of sulfonamides is 1. The van der Waals surface area contributed by atoms with Crippen molar-refractivity contribution in [2.75, 3.05) is 19.4 Å². The summed E-state index contributed by atoms with van der Waals surface area (Å²) in [6, 6.07) is 19.3. The molecule has 0 saturated heterocycles. The summed E-state index contributed by atoms with van der Waals surface area (Å²) in [4.78, 5) is 0. The molecule has 1 unspecified atom stereocenters. The lowest BCUT2D eigenvalue weighted by Crippen LogP contribution is -2.42. The normalized spacial score (nSPS) is 14.2. The van der Waals surface area contributed by atoms with Crippen LogP contribution in [-0.4, -0.2) is 27.8 Å². The summed E-state index contributed by atoms with van der Waals surface area (Å²) in [6.07, 6.45) is 1.17. The first kappa shape index (κ1) is 18.6. The van der Waals surface area contributed by atoms with Gasteiger partial charge in [-0.3, -0.25) is 0 Å². The second kappa shape index (κ2) is 8.42. The Kier molecular flexibility index (Phi) is 6.54. The molecule has 2 aromatic rings. The fourth-order valence-electron chi connectivity index (χ4n) is 2.70. The van der Waals surface area contributed by atoms with E-state index in [4.69, 9.17) is 4.74 Å². The van der Waals surface area contributed by atoms with Crippen LogP contribution >= 0.6 is 0 Å². The highest BCUT2D eigenvalue weighted by Gasteiger charge is 2.31. The summed E-state index contributed by atoms with van der Waals surface area (Å²) >= 11 is 0. The number of hydrogen-bond donors (Lipinski definition) is 1. The number of benzene rings is 2. The minimum absolute atomic E-state index is 0.0648. The van der Waals surface area contributed by atoms with E-state index in [0.717, 1.165) is 11.1 Å². The number of hydrogen-bond acceptors (Lipinski definition) is 3. The van der Waals surface area contributed by atoms with E-state index >= 15 is 0 Å². The Morgan fingerprint density at radius 2 is 1.58 bits per heavy atom. The molecule has 0 amide bonds. The van der Waals surface area contributed by atoms with Gasteiger partial charge in [-0.05, 0) is 24.0 Å². The molecule has 5 heteroatoms. The number of rotatable bonds is 9. The van der Waals surface area contributed by atoms with Crippen LogP contribution in [0.5, 0.6) is 0 Å². The van der Waals surface area contributed by atoms with Gasteiger partial charge in [0.15, 0.2) is 0 Å². The fraction of sp³-hybridized carbons (Fsp3) is 0.368. The summed E-state index contributed by atoms with van der Waals surface area (Å²) in [7, 11) is -1.75. The standard InChI is InChI=1S/C19H25NO3S/c1-3-19(23-2,18-12-8-5-9-13-18)16-20-24(21,22)15-14-17-10-6-4-7-11-17/h4-13,20H,3,14-16H2,1-2H3. The van der Waals surface area contributed by atoms with Crippen molar-refractivity contribution in [1.29, 1.82) is 0 Å². The zero-order valence-electron chi connectivity index (χ0n) is 14.2. The summed E-state index contributed by atoms with van der Waals surface area (Å²) in [6.45, 7) is 2.22. The lowest BCUT2D eigenvalue weighted by atomic mass is 9.91. The average Bonchev–Trinajstić information content (AvgIpc) is 2.63. The van der Waals surface area contributed by atoms with Crippen LogP contribution in [0.3, 0.4) is 0 Å². The summed E-state index contributed by atoms with van der Waals surface area (Å²) in [5.74, 6) is 0.0648. The van der Waals surface area contributed by atoms with Gasteiger partial charge in [-0.1, -0.05) is 67.6 Å². The Hall–Kier alpha value is -1.69. The van der Waals surface area contributed by atoms with Crippen molar-refractivity contribution >= 4 is 10.0 Å². The Morgan fingerprint density at radius 1 is 1.00 bits per heavy atom. The maximum Gasteiger partial charge on any atom is 0.212 e. The predicted molar refractivity (Wildman–Crippen MR) is 97.4 cm³/mol. The molecule has 4 nitrogen and oxygen atoms in total. The minimum atomic E-state index is -3.37. The second-order valence-corrected chi connectivity index (χ2v) is 7.72. The molecule has 130 valence electrons. The smallest absolute Gasteiger partial charge is 0.212 e. The zero-order valence-corrected chi connectivity index (χ0v) is 15.1. The Labute approximate surface area is 144 Å². The molecular formula is C19H25NO3S. The van der Waals surface area contributed by atoms with E-state index < -0.39 is 15.6 Å². The average molecular weight is 347 g/mol. The molecule has 1 N–H and O–H groups in total. The fourth-order valence-corrected chi connectivity index (χ4v) is 3.80. The maximum atomic E-state index is 12.3. The first-order valence-electron chi connectivity index (χ1n) is 8.13. The van der Waals surface area contributed by atoms with Crippen LogP contribution in [0.2, 0.25) is 0 Å². The Bertz CT molecular complexity index is 711. The molecule has 0 aromatic heterocycles. The molecule has 0 spiro atoms. The van der Waals surface area contributed by atoms with Crippen LogP contribution in [0.4, 0.5) is 0 Å². The van der Waals surface area contributed by atoms with Gasteiger partial charge in [0.1, 0.15) is 5.60 Å². The van der Waals surface area contributed by atoms with E-state index in [1.807, 2.05) is 67.6 Å². The molecule has 0 bridgehead atoms. The molecule has 0 aliphatic rings. The molecule has 0 fully saturated rings. The quantitative estimate of drug-likeness (QED) is 0.758. The van der Waals surface area contributed by atoms with Gasteiger partial charge < -0.3 is 4.74 Å². The molecule has 0 saturated carbocycles. The van der Waals surface area contributed by atoms with Gasteiger partial charge in [0.25, 0.3) is 0 Å². The largest absolute Gasteiger partial charge is 0.372 e. The number of aryl methyl sites for hydroxylation is 1. The van der Waals surface area contributed by atoms with Crippen LogP contribution < -0.4 is 4.72 Å². The highest BCUT2D eigenvalue weighted by Crippen LogP contribution is 2.28. The number of methoxy groups -OCH3 is 1. The molecule has 0 radical (unpaired) electrons. The van der Waals surface area contributed by atoms with Crippen LogP contribution in [0.25, 0.3) is 0 Å². The Morgan fingerprint density at radius 3 is 2.12 bits per heavy atom. The minimum Gasteiger partial charge on any atom is -0.372 e. The molecule has 24 heavy (non-hydrogen) atoms. The number of ether oxygens (including phenoxy) is 1. The molecule has 2 aromatic carbocycles. The van der Waals surface area contributed by atoms with Crippen molar-refractivity contribution in [3.63, 3.8) is 0 Å². The number of nitrogens with one attached hydrogen (secondary N) is 1. The molecule has 1 atom stereocenters. The third-order valence-corrected chi connectivity index (χ3v) is 5.67. The van der Waals surface area contributed by atoms with Gasteiger partial charge >= 0.3 is 0 Å². The van der Waals surface area contributed by atoms with Gasteiger partial charge in [-0.15, -0.1) is 0 Å². The monoisotopic (exact) mass is 347 g/mol. The first-order chi connectivity index (χ1) is 11.5. The van der Waals surface area contributed by atoms with E-state index in [1.165, 1.54) is 0 Å². The van der Waals surface area contributed by atoms with Crippen LogP contribution in [0.1, 0.15) is 24.5 Å². The maximum absolute atomic E-state index is 12.3. The molecule has 0 aliphatic heterocycles. The predicted octanol–water partition coefficient (Wildman–Crippen LogP) is 3.10. The van der Waals surface area contributed by atoms with Crippen LogP contribution in [0.15, 0.2) is 60.7 Å². The van der Waals surface area contributed by atoms with Gasteiger partial charge in [-0.25, -0.2) is 13.1 Å². The highest BCUT2D eigenvalue weighted by atomic mass is 32.2. The van der Waals surface area contributed by atoms with E-state index in [1.54, 1.807) is 7.11 Å². The molecule has 2 rings (SSSR count). The van der Waals surface area contributed by atoms with Crippen molar-refractivity contribution in [3.05, 3.63) is 71.8 Å². The summed E-state index contributed by atoms with van der Waals surface area (Å²) < 4.78 is 33.1. The molecule has 0 heterocycles. The lowest BCUT2D eigenvalue weighted by Gasteiger charge is -2.32. The SMILES string of the molecule is CCC(CNS(=O)(=O)CCc1ccccc1)(OC)c1ccccc1. The molecule has 0 aliphatic carbocycles. The van der Waals surface area contributed by atoms with Gasteiger partial charge in [0, 0.05) is 13.7 Å². The van der Waals surface area contributed by atoms with E-state index in [0.29, 0.717) is 12.8 Å². The van der Waals surface area contributed by atoms with Gasteiger partial charge in [0.05, 0.1) is 5.75 Å². The zero-order chi connectivity index (χ0) is 17.5. The van der Waals surface area contributed by atoms with Crippen LogP contribution in [0, 0.1) is 0 Å². The Balaban J connectivity index is 2.03. The van der Waals surface area contributed by atoms with E-state index in [-0.39, 0.29) is 12.3 Å². The second-order valence-electron chi connectivity index (χ2n) is 5.79. The lowest BCUT2D eigenvalue weighted by molar-refractivity contribution is -0.0133. The third kappa shape index (κ3) is 4.90. The molecular weight excluding hydrogens is 322 g/mol. The van der Waals surface area contributed by atoms with Crippen LogP contribution in [-0.2, 0) is 26.8 Å². The van der Waals surface area contributed by atoms with Crippen molar-refractivity contribution in [2.45, 2.75) is 25.4 Å². The van der Waals surface area contributed by atoms with Crippen molar-refractivity contribution in [3.8, 4) is 0 Å². The first-order valence-corrected chi connectivity index (χ1v) is 9.78. The van der Waals surface area contributed by atoms with Crippen molar-refractivity contribution in [2.24, 2.45) is 0 Å². The summed E-state index contributed by atoms with van der Waals surface area (Å²) in [5.41, 5.74) is 1.33. The van der Waals surface area contributed by atoms with E-state index in [2.05, 4.69) is 4.72 Å². The van der Waals surface area contributed by atoms with Gasteiger partial charge in [-0.2, -0.15) is 0 Å². The third-order valence-electron chi connectivity index (χ3n) is 4.34. The van der Waals surface area contributed by atoms with Crippen molar-refractivity contribution < 1.29 is 13.2 Å². The van der Waals surface area contributed by atoms with Crippen molar-refractivity contribution in [1.82, 2.24) is 4.72 Å². The van der Waals surface area contributed by atoms with Gasteiger partial charge in [0.2, 0.25) is 10.0 Å². The highest BCUT2D eigenvalue weighted by molar-refractivity contribution is 7.89. The van der Waals surface area contributed by atoms with E-state index in [9.17, 15) is 8.42 Å². The topological polar surface area (TPSA) is 55.4 Å². The summed E-state index contributed by atoms with van der Waals surface area (Å²) in [5, 5.41) is 0.